The van der Waals surface area contributed by atoms with Crippen molar-refractivity contribution in [2.75, 3.05) is 0 Å². The molecule has 0 fully saturated rings. The second-order valence-corrected chi connectivity index (χ2v) is 5.23. The van der Waals surface area contributed by atoms with Gasteiger partial charge in [0.25, 0.3) is 0 Å². The van der Waals surface area contributed by atoms with Crippen molar-refractivity contribution in [3.8, 4) is 11.5 Å². The zero-order valence-corrected chi connectivity index (χ0v) is 12.3. The highest BCUT2D eigenvalue weighted by Crippen LogP contribution is 2.38. The lowest BCUT2D eigenvalue weighted by Crippen LogP contribution is -1.96. The number of rotatable bonds is 3. The Morgan fingerprint density at radius 1 is 0.947 bits per heavy atom. The van der Waals surface area contributed by atoms with E-state index in [1.165, 1.54) is 6.07 Å². The Kier molecular flexibility index (Phi) is 4.58. The molecular formula is C14H11Cl3O2. The quantitative estimate of drug-likeness (QED) is 0.758. The molecule has 2 rings (SSSR count). The SMILES string of the molecule is C[C@H](O)c1ccccc1Oc1cc(Cl)c(Cl)cc1Cl. The number of para-hydroxylation sites is 1. The lowest BCUT2D eigenvalue weighted by atomic mass is 10.1. The van der Waals surface area contributed by atoms with Crippen LogP contribution in [-0.4, -0.2) is 5.11 Å². The zero-order valence-electron chi connectivity index (χ0n) is 10.0. The average Bonchev–Trinajstić information content (AvgIpc) is 2.36. The van der Waals surface area contributed by atoms with Crippen molar-refractivity contribution in [3.63, 3.8) is 0 Å². The molecule has 0 spiro atoms. The summed E-state index contributed by atoms with van der Waals surface area (Å²) >= 11 is 17.8. The summed E-state index contributed by atoms with van der Waals surface area (Å²) in [5, 5.41) is 10.8. The lowest BCUT2D eigenvalue weighted by Gasteiger charge is -2.14. The molecule has 0 aliphatic carbocycles. The third-order valence-electron chi connectivity index (χ3n) is 2.56. The molecule has 2 aromatic carbocycles. The zero-order chi connectivity index (χ0) is 14.0. The lowest BCUT2D eigenvalue weighted by molar-refractivity contribution is 0.195. The summed E-state index contributed by atoms with van der Waals surface area (Å²) < 4.78 is 5.70. The van der Waals surface area contributed by atoms with Crippen molar-refractivity contribution in [3.05, 3.63) is 57.0 Å². The van der Waals surface area contributed by atoms with E-state index in [2.05, 4.69) is 0 Å². The van der Waals surface area contributed by atoms with E-state index in [1.807, 2.05) is 12.1 Å². The van der Waals surface area contributed by atoms with E-state index >= 15 is 0 Å². The molecule has 0 amide bonds. The first-order valence-corrected chi connectivity index (χ1v) is 6.72. The summed E-state index contributed by atoms with van der Waals surface area (Å²) in [7, 11) is 0. The summed E-state index contributed by atoms with van der Waals surface area (Å²) in [6, 6.07) is 10.2. The number of aliphatic hydroxyl groups is 1. The van der Waals surface area contributed by atoms with Gasteiger partial charge in [0, 0.05) is 11.6 Å². The summed E-state index contributed by atoms with van der Waals surface area (Å²) in [6.45, 7) is 1.67. The molecule has 1 atom stereocenters. The molecule has 2 nitrogen and oxygen atoms in total. The van der Waals surface area contributed by atoms with E-state index in [0.717, 1.165) is 0 Å². The summed E-state index contributed by atoms with van der Waals surface area (Å²) in [5.41, 5.74) is 0.671. The summed E-state index contributed by atoms with van der Waals surface area (Å²) in [5.74, 6) is 0.918. The van der Waals surface area contributed by atoms with Crippen LogP contribution >= 0.6 is 34.8 Å². The fourth-order valence-electron chi connectivity index (χ4n) is 1.62. The van der Waals surface area contributed by atoms with Crippen LogP contribution in [0.5, 0.6) is 11.5 Å². The van der Waals surface area contributed by atoms with E-state index in [1.54, 1.807) is 25.1 Å². The monoisotopic (exact) mass is 316 g/mol. The van der Waals surface area contributed by atoms with Gasteiger partial charge in [-0.05, 0) is 19.1 Å². The molecule has 0 aliphatic heterocycles. The van der Waals surface area contributed by atoms with Gasteiger partial charge in [-0.15, -0.1) is 0 Å². The van der Waals surface area contributed by atoms with Crippen LogP contribution < -0.4 is 4.74 Å². The van der Waals surface area contributed by atoms with Crippen LogP contribution in [0.15, 0.2) is 36.4 Å². The van der Waals surface area contributed by atoms with E-state index in [0.29, 0.717) is 32.1 Å². The van der Waals surface area contributed by atoms with Crippen LogP contribution in [0.1, 0.15) is 18.6 Å². The van der Waals surface area contributed by atoms with Gasteiger partial charge in [-0.25, -0.2) is 0 Å². The molecule has 0 saturated heterocycles. The highest BCUT2D eigenvalue weighted by atomic mass is 35.5. The molecule has 0 radical (unpaired) electrons. The predicted octanol–water partition coefficient (Wildman–Crippen LogP) is 5.49. The van der Waals surface area contributed by atoms with Gasteiger partial charge in [0.2, 0.25) is 0 Å². The minimum atomic E-state index is -0.641. The smallest absolute Gasteiger partial charge is 0.147 e. The highest BCUT2D eigenvalue weighted by Gasteiger charge is 2.12. The standard InChI is InChI=1S/C14H11Cl3O2/c1-8(18)9-4-2-3-5-13(9)19-14-7-11(16)10(15)6-12(14)17/h2-8,18H,1H3/t8-/m0/s1. The third kappa shape index (κ3) is 3.34. The molecule has 0 saturated carbocycles. The van der Waals surface area contributed by atoms with Gasteiger partial charge >= 0.3 is 0 Å². The Morgan fingerprint density at radius 3 is 2.26 bits per heavy atom. The van der Waals surface area contributed by atoms with Gasteiger partial charge < -0.3 is 9.84 Å². The maximum Gasteiger partial charge on any atom is 0.147 e. The number of benzene rings is 2. The normalized spacial score (nSPS) is 12.3. The van der Waals surface area contributed by atoms with Gasteiger partial charge in [-0.3, -0.25) is 0 Å². The van der Waals surface area contributed by atoms with E-state index < -0.39 is 6.10 Å². The first kappa shape index (κ1) is 14.5. The molecule has 0 unspecified atom stereocenters. The molecule has 2 aromatic rings. The van der Waals surface area contributed by atoms with Gasteiger partial charge in [0.05, 0.1) is 21.2 Å². The van der Waals surface area contributed by atoms with E-state index in [9.17, 15) is 5.11 Å². The summed E-state index contributed by atoms with van der Waals surface area (Å²) in [4.78, 5) is 0. The topological polar surface area (TPSA) is 29.5 Å². The Balaban J connectivity index is 2.39. The van der Waals surface area contributed by atoms with Gasteiger partial charge in [0.15, 0.2) is 0 Å². The molecule has 0 bridgehead atoms. The van der Waals surface area contributed by atoms with Crippen molar-refractivity contribution in [1.82, 2.24) is 0 Å². The maximum atomic E-state index is 9.69. The van der Waals surface area contributed by atoms with Gasteiger partial charge in [-0.2, -0.15) is 0 Å². The molecule has 100 valence electrons. The third-order valence-corrected chi connectivity index (χ3v) is 3.58. The number of aliphatic hydroxyl groups excluding tert-OH is 1. The fraction of sp³-hybridized carbons (Fsp3) is 0.143. The number of halogens is 3. The predicted molar refractivity (Wildman–Crippen MR) is 78.6 cm³/mol. The van der Waals surface area contributed by atoms with E-state index in [-0.39, 0.29) is 0 Å². The van der Waals surface area contributed by atoms with E-state index in [4.69, 9.17) is 39.5 Å². The Labute approximate surface area is 126 Å². The molecule has 0 aliphatic rings. The molecular weight excluding hydrogens is 307 g/mol. The molecule has 1 N–H and O–H groups in total. The van der Waals surface area contributed by atoms with Crippen molar-refractivity contribution in [1.29, 1.82) is 0 Å². The Bertz CT molecular complexity index is 597. The first-order chi connectivity index (χ1) is 8.99. The number of hydrogen-bond donors (Lipinski definition) is 1. The first-order valence-electron chi connectivity index (χ1n) is 5.58. The van der Waals surface area contributed by atoms with Crippen LogP contribution in [0.4, 0.5) is 0 Å². The van der Waals surface area contributed by atoms with Crippen LogP contribution in [0, 0.1) is 0 Å². The second kappa shape index (κ2) is 6.02. The molecule has 0 aromatic heterocycles. The van der Waals surface area contributed by atoms with Crippen LogP contribution in [0.25, 0.3) is 0 Å². The minimum absolute atomic E-state index is 0.356. The van der Waals surface area contributed by atoms with Crippen LogP contribution in [0.2, 0.25) is 15.1 Å². The van der Waals surface area contributed by atoms with Crippen molar-refractivity contribution in [2.45, 2.75) is 13.0 Å². The molecule has 5 heteroatoms. The second-order valence-electron chi connectivity index (χ2n) is 4.01. The number of hydrogen-bond acceptors (Lipinski definition) is 2. The van der Waals surface area contributed by atoms with Crippen LogP contribution in [-0.2, 0) is 0 Å². The Morgan fingerprint density at radius 2 is 1.58 bits per heavy atom. The van der Waals surface area contributed by atoms with Crippen molar-refractivity contribution >= 4 is 34.8 Å². The minimum Gasteiger partial charge on any atom is -0.455 e. The van der Waals surface area contributed by atoms with Gasteiger partial charge in [-0.1, -0.05) is 53.0 Å². The average molecular weight is 318 g/mol. The fourth-order valence-corrected chi connectivity index (χ4v) is 2.20. The summed E-state index contributed by atoms with van der Waals surface area (Å²) in [6.07, 6.45) is -0.641. The highest BCUT2D eigenvalue weighted by molar-refractivity contribution is 6.43. The Hall–Kier alpha value is -0.930. The van der Waals surface area contributed by atoms with Gasteiger partial charge in [0.1, 0.15) is 11.5 Å². The molecule has 0 heterocycles. The van der Waals surface area contributed by atoms with Crippen molar-refractivity contribution in [2.24, 2.45) is 0 Å². The molecule has 19 heavy (non-hydrogen) atoms. The maximum absolute atomic E-state index is 9.69. The van der Waals surface area contributed by atoms with Crippen LogP contribution in [0.3, 0.4) is 0 Å². The largest absolute Gasteiger partial charge is 0.455 e. The van der Waals surface area contributed by atoms with Crippen molar-refractivity contribution < 1.29 is 9.84 Å². The number of ether oxygens (including phenoxy) is 1.